The van der Waals surface area contributed by atoms with E-state index in [1.54, 1.807) is 18.9 Å². The van der Waals surface area contributed by atoms with E-state index in [2.05, 4.69) is 29.1 Å². The third-order valence-corrected chi connectivity index (χ3v) is 3.68. The second-order valence-corrected chi connectivity index (χ2v) is 5.21. The average molecular weight is 289 g/mol. The highest BCUT2D eigenvalue weighted by molar-refractivity contribution is 7.99. The Labute approximate surface area is 124 Å². The Balaban J connectivity index is 2.30. The van der Waals surface area contributed by atoms with E-state index in [-0.39, 0.29) is 0 Å². The second-order valence-electron chi connectivity index (χ2n) is 4.14. The molecule has 20 heavy (non-hydrogen) atoms. The van der Waals surface area contributed by atoms with Crippen LogP contribution in [0.5, 0.6) is 5.75 Å². The highest BCUT2D eigenvalue weighted by atomic mass is 32.2. The first-order valence-corrected chi connectivity index (χ1v) is 7.51. The molecule has 1 heterocycles. The molecule has 0 radical (unpaired) electrons. The molecular weight excluding hydrogens is 270 g/mol. The van der Waals surface area contributed by atoms with E-state index in [4.69, 9.17) is 4.74 Å². The molecule has 5 heteroatoms. The topological polar surface area (TPSA) is 47.0 Å². The lowest BCUT2D eigenvalue weighted by atomic mass is 10.3. The van der Waals surface area contributed by atoms with Gasteiger partial charge in [-0.3, -0.25) is 0 Å². The first-order chi connectivity index (χ1) is 9.76. The van der Waals surface area contributed by atoms with Crippen LogP contribution in [0.4, 0.5) is 5.82 Å². The van der Waals surface area contributed by atoms with Gasteiger partial charge in [0.1, 0.15) is 22.4 Å². The van der Waals surface area contributed by atoms with Gasteiger partial charge in [-0.15, -0.1) is 0 Å². The molecule has 1 N–H and O–H groups in total. The molecule has 0 fully saturated rings. The van der Waals surface area contributed by atoms with E-state index in [1.807, 2.05) is 30.3 Å². The van der Waals surface area contributed by atoms with Gasteiger partial charge in [0.25, 0.3) is 0 Å². The van der Waals surface area contributed by atoms with Crippen LogP contribution < -0.4 is 10.1 Å². The highest BCUT2D eigenvalue weighted by Gasteiger charge is 2.08. The van der Waals surface area contributed by atoms with Crippen LogP contribution in [0, 0.1) is 0 Å². The number of benzene rings is 1. The smallest absolute Gasteiger partial charge is 0.132 e. The van der Waals surface area contributed by atoms with Crippen LogP contribution in [0.15, 0.2) is 40.3 Å². The molecule has 0 atom stereocenters. The molecule has 0 amide bonds. The van der Waals surface area contributed by atoms with Gasteiger partial charge in [0.2, 0.25) is 0 Å². The van der Waals surface area contributed by atoms with Crippen LogP contribution in [0.25, 0.3) is 0 Å². The zero-order valence-corrected chi connectivity index (χ0v) is 12.8. The van der Waals surface area contributed by atoms with Crippen LogP contribution in [0.1, 0.15) is 19.7 Å². The van der Waals surface area contributed by atoms with Gasteiger partial charge in [0.15, 0.2) is 0 Å². The van der Waals surface area contributed by atoms with Gasteiger partial charge < -0.3 is 10.1 Å². The van der Waals surface area contributed by atoms with Gasteiger partial charge in [-0.2, -0.15) is 0 Å². The number of nitrogens with one attached hydrogen (secondary N) is 1. The summed E-state index contributed by atoms with van der Waals surface area (Å²) in [5.41, 5.74) is 0. The Morgan fingerprint density at radius 1 is 1.20 bits per heavy atom. The fourth-order valence-electron chi connectivity index (χ4n) is 1.77. The van der Waals surface area contributed by atoms with E-state index < -0.39 is 0 Å². The molecule has 1 aromatic heterocycles. The first-order valence-electron chi connectivity index (χ1n) is 6.69. The van der Waals surface area contributed by atoms with Crippen molar-refractivity contribution < 1.29 is 4.74 Å². The number of aromatic nitrogens is 2. The van der Waals surface area contributed by atoms with Crippen LogP contribution >= 0.6 is 11.8 Å². The fourth-order valence-corrected chi connectivity index (χ4v) is 2.72. The third kappa shape index (κ3) is 3.63. The van der Waals surface area contributed by atoms with Gasteiger partial charge in [-0.25, -0.2) is 9.97 Å². The van der Waals surface area contributed by atoms with Crippen molar-refractivity contribution in [2.45, 2.75) is 30.2 Å². The molecule has 0 aliphatic carbocycles. The third-order valence-electron chi connectivity index (χ3n) is 2.71. The number of para-hydroxylation sites is 1. The minimum atomic E-state index is 0.818. The Morgan fingerprint density at radius 2 is 2.00 bits per heavy atom. The molecule has 106 valence electrons. The number of rotatable bonds is 6. The summed E-state index contributed by atoms with van der Waals surface area (Å²) in [6.45, 7) is 4.96. The summed E-state index contributed by atoms with van der Waals surface area (Å²) >= 11 is 1.59. The maximum atomic E-state index is 5.37. The van der Waals surface area contributed by atoms with Crippen molar-refractivity contribution >= 4 is 17.6 Å². The molecule has 0 saturated heterocycles. The minimum absolute atomic E-state index is 0.818. The number of nitrogens with zero attached hydrogens (tertiary/aromatic N) is 2. The van der Waals surface area contributed by atoms with E-state index >= 15 is 0 Å². The molecule has 2 rings (SSSR count). The van der Waals surface area contributed by atoms with Crippen molar-refractivity contribution in [2.24, 2.45) is 0 Å². The Kier molecular flexibility index (Phi) is 5.24. The number of ether oxygens (including phenoxy) is 1. The molecular formula is C15H19N3OS. The molecule has 1 aromatic carbocycles. The number of methoxy groups -OCH3 is 1. The number of aryl methyl sites for hydroxylation is 1. The largest absolute Gasteiger partial charge is 0.496 e. The molecule has 0 aliphatic heterocycles. The standard InChI is InChI=1S/C15H19N3OS/c1-4-13-17-14(16-5-2)10-15(18-13)20-12-9-7-6-8-11(12)19-3/h6-10H,4-5H2,1-3H3,(H,16,17,18). The van der Waals surface area contributed by atoms with Crippen molar-refractivity contribution in [2.75, 3.05) is 19.0 Å². The summed E-state index contributed by atoms with van der Waals surface area (Å²) in [4.78, 5) is 10.1. The monoisotopic (exact) mass is 289 g/mol. The van der Waals surface area contributed by atoms with Gasteiger partial charge in [-0.05, 0) is 19.1 Å². The van der Waals surface area contributed by atoms with Crippen LogP contribution in [0.3, 0.4) is 0 Å². The van der Waals surface area contributed by atoms with Crippen LogP contribution in [-0.2, 0) is 6.42 Å². The molecule has 0 unspecified atom stereocenters. The fraction of sp³-hybridized carbons (Fsp3) is 0.333. The SMILES string of the molecule is CCNc1cc(Sc2ccccc2OC)nc(CC)n1. The predicted molar refractivity (Wildman–Crippen MR) is 82.7 cm³/mol. The summed E-state index contributed by atoms with van der Waals surface area (Å²) in [6, 6.07) is 9.92. The predicted octanol–water partition coefficient (Wildman–Crippen LogP) is 3.63. The number of hydrogen-bond acceptors (Lipinski definition) is 5. The second kappa shape index (κ2) is 7.14. The molecule has 0 aliphatic rings. The van der Waals surface area contributed by atoms with Gasteiger partial charge >= 0.3 is 0 Å². The summed E-state index contributed by atoms with van der Waals surface area (Å²) < 4.78 is 5.37. The maximum absolute atomic E-state index is 5.37. The van der Waals surface area contributed by atoms with Gasteiger partial charge in [0.05, 0.1) is 12.0 Å². The normalized spacial score (nSPS) is 10.3. The summed E-state index contributed by atoms with van der Waals surface area (Å²) in [6.07, 6.45) is 0.818. The summed E-state index contributed by atoms with van der Waals surface area (Å²) in [7, 11) is 1.68. The molecule has 0 spiro atoms. The van der Waals surface area contributed by atoms with Gasteiger partial charge in [-0.1, -0.05) is 30.8 Å². The molecule has 4 nitrogen and oxygen atoms in total. The van der Waals surface area contributed by atoms with E-state index in [0.717, 1.165) is 40.3 Å². The lowest BCUT2D eigenvalue weighted by molar-refractivity contribution is 0.405. The number of anilines is 1. The zero-order valence-electron chi connectivity index (χ0n) is 12.0. The number of hydrogen-bond donors (Lipinski definition) is 1. The lowest BCUT2D eigenvalue weighted by Gasteiger charge is -2.10. The van der Waals surface area contributed by atoms with E-state index in [0.29, 0.717) is 0 Å². The van der Waals surface area contributed by atoms with Crippen molar-refractivity contribution in [1.29, 1.82) is 0 Å². The Hall–Kier alpha value is -1.75. The van der Waals surface area contributed by atoms with Crippen LogP contribution in [-0.4, -0.2) is 23.6 Å². The summed E-state index contributed by atoms with van der Waals surface area (Å²) in [5, 5.41) is 4.17. The van der Waals surface area contributed by atoms with E-state index in [1.165, 1.54) is 0 Å². The molecule has 0 saturated carbocycles. The van der Waals surface area contributed by atoms with E-state index in [9.17, 15) is 0 Å². The minimum Gasteiger partial charge on any atom is -0.496 e. The Morgan fingerprint density at radius 3 is 2.70 bits per heavy atom. The highest BCUT2D eigenvalue weighted by Crippen LogP contribution is 2.34. The molecule has 0 bridgehead atoms. The quantitative estimate of drug-likeness (QED) is 0.823. The van der Waals surface area contributed by atoms with Crippen LogP contribution in [0.2, 0.25) is 0 Å². The Bertz CT molecular complexity index is 575. The average Bonchev–Trinajstić information content (AvgIpc) is 2.48. The van der Waals surface area contributed by atoms with Crippen molar-refractivity contribution in [1.82, 2.24) is 9.97 Å². The van der Waals surface area contributed by atoms with Gasteiger partial charge in [0, 0.05) is 19.0 Å². The molecule has 2 aromatic rings. The van der Waals surface area contributed by atoms with Crippen molar-refractivity contribution in [3.05, 3.63) is 36.2 Å². The van der Waals surface area contributed by atoms with Crippen molar-refractivity contribution in [3.8, 4) is 5.75 Å². The lowest BCUT2D eigenvalue weighted by Crippen LogP contribution is -2.03. The summed E-state index contributed by atoms with van der Waals surface area (Å²) in [5.74, 6) is 2.58. The zero-order chi connectivity index (χ0) is 14.4. The van der Waals surface area contributed by atoms with Crippen molar-refractivity contribution in [3.63, 3.8) is 0 Å². The first kappa shape index (κ1) is 14.7. The maximum Gasteiger partial charge on any atom is 0.132 e.